The number of carbonyl (C=O) groups excluding carboxylic acids is 1. The van der Waals surface area contributed by atoms with E-state index < -0.39 is 5.60 Å². The SMILES string of the molecule is CC(C)(C)OC(=O)N1CCC(c2n[nH]c(=O)n2Cc2ccc(F)cc2)CC1. The van der Waals surface area contributed by atoms with Crippen molar-refractivity contribution >= 4 is 6.09 Å². The Labute approximate surface area is 157 Å². The highest BCUT2D eigenvalue weighted by molar-refractivity contribution is 5.68. The van der Waals surface area contributed by atoms with Crippen molar-refractivity contribution in [2.75, 3.05) is 13.1 Å². The van der Waals surface area contributed by atoms with Gasteiger partial charge in [-0.1, -0.05) is 12.1 Å². The number of nitrogens with zero attached hydrogens (tertiary/aromatic N) is 3. The molecule has 1 aliphatic heterocycles. The first kappa shape index (κ1) is 19.1. The summed E-state index contributed by atoms with van der Waals surface area (Å²) in [5.41, 5.74) is 0.0161. The van der Waals surface area contributed by atoms with E-state index in [4.69, 9.17) is 4.74 Å². The van der Waals surface area contributed by atoms with E-state index in [1.165, 1.54) is 12.1 Å². The van der Waals surface area contributed by atoms with E-state index in [1.807, 2.05) is 20.8 Å². The lowest BCUT2D eigenvalue weighted by Gasteiger charge is -2.33. The first-order valence-corrected chi connectivity index (χ1v) is 9.10. The van der Waals surface area contributed by atoms with Crippen molar-refractivity contribution in [1.82, 2.24) is 19.7 Å². The molecular weight excluding hydrogens is 351 g/mol. The van der Waals surface area contributed by atoms with Crippen LogP contribution in [-0.2, 0) is 11.3 Å². The number of hydrogen-bond acceptors (Lipinski definition) is 4. The highest BCUT2D eigenvalue weighted by atomic mass is 19.1. The summed E-state index contributed by atoms with van der Waals surface area (Å²) in [7, 11) is 0. The Morgan fingerprint density at radius 3 is 2.48 bits per heavy atom. The molecule has 0 aliphatic carbocycles. The summed E-state index contributed by atoms with van der Waals surface area (Å²) >= 11 is 0. The number of rotatable bonds is 3. The van der Waals surface area contributed by atoms with Gasteiger partial charge in [0.05, 0.1) is 6.54 Å². The van der Waals surface area contributed by atoms with Gasteiger partial charge in [0.2, 0.25) is 0 Å². The minimum absolute atomic E-state index is 0.0723. The number of benzene rings is 1. The summed E-state index contributed by atoms with van der Waals surface area (Å²) < 4.78 is 20.1. The van der Waals surface area contributed by atoms with Crippen molar-refractivity contribution in [2.24, 2.45) is 0 Å². The Kier molecular flexibility index (Phi) is 5.34. The van der Waals surface area contributed by atoms with Gasteiger partial charge in [-0.15, -0.1) is 0 Å². The fraction of sp³-hybridized carbons (Fsp3) is 0.526. The number of aromatic amines is 1. The first-order valence-electron chi connectivity index (χ1n) is 9.10. The molecule has 27 heavy (non-hydrogen) atoms. The van der Waals surface area contributed by atoms with E-state index in [9.17, 15) is 14.0 Å². The Hall–Kier alpha value is -2.64. The molecule has 0 unspecified atom stereocenters. The lowest BCUT2D eigenvalue weighted by molar-refractivity contribution is 0.0202. The molecule has 0 saturated carbocycles. The van der Waals surface area contributed by atoms with Crippen LogP contribution in [0.25, 0.3) is 0 Å². The predicted molar refractivity (Wildman–Crippen MR) is 98.1 cm³/mol. The van der Waals surface area contributed by atoms with E-state index in [0.29, 0.717) is 38.3 Å². The van der Waals surface area contributed by atoms with E-state index in [1.54, 1.807) is 21.6 Å². The number of piperidine rings is 1. The number of ether oxygens (including phenoxy) is 1. The number of H-pyrrole nitrogens is 1. The van der Waals surface area contributed by atoms with Crippen LogP contribution in [0.15, 0.2) is 29.1 Å². The van der Waals surface area contributed by atoms with Crippen LogP contribution in [0.3, 0.4) is 0 Å². The normalized spacial score (nSPS) is 15.8. The summed E-state index contributed by atoms with van der Waals surface area (Å²) in [6.45, 7) is 6.96. The molecule has 7 nitrogen and oxygen atoms in total. The van der Waals surface area contributed by atoms with Crippen LogP contribution in [0.5, 0.6) is 0 Å². The zero-order valence-electron chi connectivity index (χ0n) is 15.9. The van der Waals surface area contributed by atoms with Gasteiger partial charge >= 0.3 is 11.8 Å². The molecule has 2 heterocycles. The Morgan fingerprint density at radius 1 is 1.26 bits per heavy atom. The highest BCUT2D eigenvalue weighted by Crippen LogP contribution is 2.27. The molecule has 1 amide bonds. The van der Waals surface area contributed by atoms with E-state index in [-0.39, 0.29) is 23.5 Å². The second-order valence-corrected chi connectivity index (χ2v) is 7.84. The van der Waals surface area contributed by atoms with Gasteiger partial charge in [0, 0.05) is 19.0 Å². The lowest BCUT2D eigenvalue weighted by Crippen LogP contribution is -2.41. The third kappa shape index (κ3) is 4.75. The van der Waals surface area contributed by atoms with Crippen LogP contribution < -0.4 is 5.69 Å². The average Bonchev–Trinajstić information content (AvgIpc) is 2.96. The van der Waals surface area contributed by atoms with E-state index >= 15 is 0 Å². The van der Waals surface area contributed by atoms with E-state index in [2.05, 4.69) is 10.2 Å². The van der Waals surface area contributed by atoms with Crippen molar-refractivity contribution in [1.29, 1.82) is 0 Å². The van der Waals surface area contributed by atoms with Crippen LogP contribution in [0.4, 0.5) is 9.18 Å². The summed E-state index contributed by atoms with van der Waals surface area (Å²) in [5, 5.41) is 6.71. The molecule has 1 saturated heterocycles. The molecule has 146 valence electrons. The van der Waals surface area contributed by atoms with Crippen molar-refractivity contribution in [2.45, 2.75) is 51.7 Å². The van der Waals surface area contributed by atoms with Gasteiger partial charge in [0.15, 0.2) is 0 Å². The van der Waals surface area contributed by atoms with Crippen LogP contribution in [0.1, 0.15) is 50.9 Å². The van der Waals surface area contributed by atoms with Crippen molar-refractivity contribution < 1.29 is 13.9 Å². The molecule has 0 spiro atoms. The Balaban J connectivity index is 1.67. The fourth-order valence-electron chi connectivity index (χ4n) is 3.21. The van der Waals surface area contributed by atoms with Gasteiger partial charge in [-0.05, 0) is 51.3 Å². The van der Waals surface area contributed by atoms with Gasteiger partial charge in [-0.2, -0.15) is 5.10 Å². The number of nitrogens with one attached hydrogen (secondary N) is 1. The number of carbonyl (C=O) groups is 1. The molecule has 0 bridgehead atoms. The van der Waals surface area contributed by atoms with Crippen LogP contribution in [0.2, 0.25) is 0 Å². The van der Waals surface area contributed by atoms with E-state index in [0.717, 1.165) is 5.56 Å². The quantitative estimate of drug-likeness (QED) is 0.893. The van der Waals surface area contributed by atoms with Gasteiger partial charge in [-0.25, -0.2) is 19.1 Å². The highest BCUT2D eigenvalue weighted by Gasteiger charge is 2.30. The third-order valence-corrected chi connectivity index (χ3v) is 4.55. The average molecular weight is 376 g/mol. The zero-order chi connectivity index (χ0) is 19.6. The number of likely N-dealkylation sites (tertiary alicyclic amines) is 1. The third-order valence-electron chi connectivity index (χ3n) is 4.55. The smallest absolute Gasteiger partial charge is 0.410 e. The molecule has 1 fully saturated rings. The number of hydrogen-bond donors (Lipinski definition) is 1. The largest absolute Gasteiger partial charge is 0.444 e. The fourth-order valence-corrected chi connectivity index (χ4v) is 3.21. The van der Waals surface area contributed by atoms with Crippen molar-refractivity contribution in [3.05, 3.63) is 52.0 Å². The van der Waals surface area contributed by atoms with Crippen LogP contribution in [0, 0.1) is 5.82 Å². The van der Waals surface area contributed by atoms with Gasteiger partial charge in [0.25, 0.3) is 0 Å². The lowest BCUT2D eigenvalue weighted by atomic mass is 9.96. The predicted octanol–water partition coefficient (Wildman–Crippen LogP) is 2.87. The summed E-state index contributed by atoms with van der Waals surface area (Å²) in [4.78, 5) is 26.1. The Bertz CT molecular complexity index is 843. The van der Waals surface area contributed by atoms with Gasteiger partial charge < -0.3 is 9.64 Å². The summed E-state index contributed by atoms with van der Waals surface area (Å²) in [5.74, 6) is 0.435. The van der Waals surface area contributed by atoms with Gasteiger partial charge in [0.1, 0.15) is 17.2 Å². The minimum Gasteiger partial charge on any atom is -0.444 e. The standard InChI is InChI=1S/C19H25FN4O3/c1-19(2,3)27-18(26)23-10-8-14(9-11-23)16-21-22-17(25)24(16)12-13-4-6-15(20)7-5-13/h4-7,14H,8-12H2,1-3H3,(H,22,25). The molecule has 0 radical (unpaired) electrons. The zero-order valence-corrected chi connectivity index (χ0v) is 15.9. The second-order valence-electron chi connectivity index (χ2n) is 7.84. The van der Waals surface area contributed by atoms with Crippen LogP contribution in [-0.4, -0.2) is 44.4 Å². The second kappa shape index (κ2) is 7.54. The molecule has 1 aliphatic rings. The maximum absolute atomic E-state index is 13.1. The maximum Gasteiger partial charge on any atom is 0.410 e. The number of aromatic nitrogens is 3. The topological polar surface area (TPSA) is 80.2 Å². The molecule has 1 aromatic heterocycles. The molecule has 1 aromatic carbocycles. The molecular formula is C19H25FN4O3. The van der Waals surface area contributed by atoms with Crippen molar-refractivity contribution in [3.63, 3.8) is 0 Å². The monoisotopic (exact) mass is 376 g/mol. The molecule has 3 rings (SSSR count). The summed E-state index contributed by atoms with van der Waals surface area (Å²) in [6.07, 6.45) is 1.09. The molecule has 8 heteroatoms. The number of halogens is 1. The molecule has 2 aromatic rings. The first-order chi connectivity index (χ1) is 12.7. The molecule has 0 atom stereocenters. The van der Waals surface area contributed by atoms with Gasteiger partial charge in [-0.3, -0.25) is 4.57 Å². The Morgan fingerprint density at radius 2 is 1.89 bits per heavy atom. The molecule has 1 N–H and O–H groups in total. The minimum atomic E-state index is -0.522. The summed E-state index contributed by atoms with van der Waals surface area (Å²) in [6, 6.07) is 6.06. The number of amides is 1. The van der Waals surface area contributed by atoms with Crippen molar-refractivity contribution in [3.8, 4) is 0 Å². The maximum atomic E-state index is 13.1. The van der Waals surface area contributed by atoms with Crippen LogP contribution >= 0.6 is 0 Å².